The van der Waals surface area contributed by atoms with Crippen LogP contribution in [0.25, 0.3) is 0 Å². The number of benzene rings is 1. The number of halogens is 1. The first-order valence-electron chi connectivity index (χ1n) is 8.87. The number of rotatable bonds is 7. The van der Waals surface area contributed by atoms with Gasteiger partial charge in [0.05, 0.1) is 5.92 Å². The highest BCUT2D eigenvalue weighted by atomic mass is 19.1. The van der Waals surface area contributed by atoms with E-state index >= 15 is 0 Å². The molecule has 7 heteroatoms. The number of likely N-dealkylation sites (tertiary alicyclic amines) is 1. The van der Waals surface area contributed by atoms with Crippen LogP contribution in [0.15, 0.2) is 24.3 Å². The van der Waals surface area contributed by atoms with Crippen molar-refractivity contribution in [3.8, 4) is 0 Å². The van der Waals surface area contributed by atoms with Crippen molar-refractivity contribution in [3.63, 3.8) is 0 Å². The summed E-state index contributed by atoms with van der Waals surface area (Å²) in [5, 5.41) is 12.8. The van der Waals surface area contributed by atoms with E-state index in [4.69, 9.17) is 0 Å². The molecule has 1 aliphatic heterocycles. The van der Waals surface area contributed by atoms with Gasteiger partial charge in [0.25, 0.3) is 0 Å². The fourth-order valence-electron chi connectivity index (χ4n) is 3.82. The van der Waals surface area contributed by atoms with E-state index in [0.717, 1.165) is 5.56 Å². The van der Waals surface area contributed by atoms with Gasteiger partial charge in [0.15, 0.2) is 0 Å². The number of hydrogen-bond acceptors (Lipinski definition) is 4. The van der Waals surface area contributed by atoms with Crippen LogP contribution in [0.4, 0.5) is 4.39 Å². The van der Waals surface area contributed by atoms with Crippen LogP contribution in [0.2, 0.25) is 0 Å². The molecular formula is C19H28FN3O3. The number of nitrogens with one attached hydrogen (secondary N) is 1. The molecule has 1 aliphatic rings. The molecule has 0 aliphatic carbocycles. The van der Waals surface area contributed by atoms with Gasteiger partial charge in [-0.25, -0.2) is 4.39 Å². The van der Waals surface area contributed by atoms with Gasteiger partial charge < -0.3 is 15.3 Å². The van der Waals surface area contributed by atoms with Crippen LogP contribution in [-0.2, 0) is 9.59 Å². The van der Waals surface area contributed by atoms with Crippen molar-refractivity contribution in [1.82, 2.24) is 15.1 Å². The molecular weight excluding hydrogens is 337 g/mol. The van der Waals surface area contributed by atoms with E-state index in [9.17, 15) is 19.1 Å². The van der Waals surface area contributed by atoms with Crippen LogP contribution in [0, 0.1) is 11.7 Å². The molecule has 1 saturated heterocycles. The normalized spacial score (nSPS) is 26.2. The topological polar surface area (TPSA) is 72.9 Å². The summed E-state index contributed by atoms with van der Waals surface area (Å²) in [6.07, 6.45) is 0.614. The quantitative estimate of drug-likeness (QED) is 0.770. The fraction of sp³-hybridized carbons (Fsp3) is 0.579. The highest BCUT2D eigenvalue weighted by molar-refractivity contribution is 5.85. The smallest absolute Gasteiger partial charge is 0.324 e. The summed E-state index contributed by atoms with van der Waals surface area (Å²) in [6, 6.07) is 5.54. The Labute approximate surface area is 154 Å². The second-order valence-corrected chi connectivity index (χ2v) is 7.20. The Bertz CT molecular complexity index is 650. The van der Waals surface area contributed by atoms with Gasteiger partial charge >= 0.3 is 5.97 Å². The van der Waals surface area contributed by atoms with Crippen molar-refractivity contribution < 1.29 is 19.1 Å². The minimum Gasteiger partial charge on any atom is -0.480 e. The van der Waals surface area contributed by atoms with Gasteiger partial charge in [-0.3, -0.25) is 14.5 Å². The lowest BCUT2D eigenvalue weighted by atomic mass is 9.87. The predicted octanol–water partition coefficient (Wildman–Crippen LogP) is 1.73. The van der Waals surface area contributed by atoms with E-state index in [1.165, 1.54) is 12.1 Å². The lowest BCUT2D eigenvalue weighted by Gasteiger charge is -2.34. The van der Waals surface area contributed by atoms with Crippen LogP contribution in [0.5, 0.6) is 0 Å². The molecule has 6 nitrogen and oxygen atoms in total. The van der Waals surface area contributed by atoms with Crippen LogP contribution in [-0.4, -0.2) is 66.6 Å². The average molecular weight is 365 g/mol. The molecule has 144 valence electrons. The molecule has 1 aromatic rings. The summed E-state index contributed by atoms with van der Waals surface area (Å²) in [4.78, 5) is 28.6. The molecule has 2 rings (SSSR count). The number of carboxylic acids is 1. The maximum absolute atomic E-state index is 13.3. The zero-order valence-corrected chi connectivity index (χ0v) is 15.8. The predicted molar refractivity (Wildman–Crippen MR) is 97.2 cm³/mol. The highest BCUT2D eigenvalue weighted by Crippen LogP contribution is 2.47. The van der Waals surface area contributed by atoms with Crippen molar-refractivity contribution in [2.45, 2.75) is 31.3 Å². The molecule has 0 saturated carbocycles. The Hall–Kier alpha value is -1.99. The minimum absolute atomic E-state index is 0.162. The number of carbonyl (C=O) groups is 2. The molecule has 1 heterocycles. The summed E-state index contributed by atoms with van der Waals surface area (Å²) in [5.74, 6) is -1.96. The summed E-state index contributed by atoms with van der Waals surface area (Å²) in [6.45, 7) is 3.01. The Morgan fingerprint density at radius 3 is 2.46 bits per heavy atom. The lowest BCUT2D eigenvalue weighted by Crippen LogP contribution is -2.48. The first kappa shape index (κ1) is 20.3. The van der Waals surface area contributed by atoms with Gasteiger partial charge in [0.1, 0.15) is 11.4 Å². The van der Waals surface area contributed by atoms with Crippen molar-refractivity contribution in [2.75, 3.05) is 34.2 Å². The van der Waals surface area contributed by atoms with Crippen LogP contribution in [0.3, 0.4) is 0 Å². The molecule has 0 bridgehead atoms. The van der Waals surface area contributed by atoms with E-state index in [2.05, 4.69) is 5.32 Å². The molecule has 26 heavy (non-hydrogen) atoms. The maximum atomic E-state index is 13.3. The number of carboxylic acid groups (broad SMARTS) is 1. The minimum atomic E-state index is -1.11. The number of nitrogens with zero attached hydrogens (tertiary/aromatic N) is 2. The number of amides is 1. The largest absolute Gasteiger partial charge is 0.480 e. The Morgan fingerprint density at radius 2 is 1.96 bits per heavy atom. The second-order valence-electron chi connectivity index (χ2n) is 7.20. The first-order chi connectivity index (χ1) is 12.2. The Kier molecular flexibility index (Phi) is 6.36. The number of aliphatic carboxylic acids is 1. The Morgan fingerprint density at radius 1 is 1.35 bits per heavy atom. The van der Waals surface area contributed by atoms with Gasteiger partial charge in [-0.05, 0) is 51.7 Å². The fourth-order valence-corrected chi connectivity index (χ4v) is 3.82. The number of carbonyl (C=O) groups excluding carboxylic acids is 1. The molecule has 0 spiro atoms. The summed E-state index contributed by atoms with van der Waals surface area (Å²) in [7, 11) is 5.57. The lowest BCUT2D eigenvalue weighted by molar-refractivity contribution is -0.150. The first-order valence-corrected chi connectivity index (χ1v) is 8.87. The van der Waals surface area contributed by atoms with E-state index in [-0.39, 0.29) is 18.1 Å². The zero-order valence-electron chi connectivity index (χ0n) is 15.8. The molecule has 0 aromatic heterocycles. The zero-order chi connectivity index (χ0) is 19.5. The third-order valence-electron chi connectivity index (χ3n) is 5.42. The monoisotopic (exact) mass is 365 g/mol. The molecule has 1 amide bonds. The van der Waals surface area contributed by atoms with E-state index in [1.54, 1.807) is 24.1 Å². The van der Waals surface area contributed by atoms with Crippen molar-refractivity contribution in [2.24, 2.45) is 5.92 Å². The van der Waals surface area contributed by atoms with Crippen molar-refractivity contribution >= 4 is 11.9 Å². The average Bonchev–Trinajstić information content (AvgIpc) is 2.89. The van der Waals surface area contributed by atoms with E-state index < -0.39 is 23.5 Å². The number of likely N-dealkylation sites (N-methyl/N-ethyl adjacent to an activating group) is 2. The molecule has 3 atom stereocenters. The summed E-state index contributed by atoms with van der Waals surface area (Å²) < 4.78 is 13.3. The third kappa shape index (κ3) is 3.88. The molecule has 1 fully saturated rings. The van der Waals surface area contributed by atoms with Gasteiger partial charge in [-0.1, -0.05) is 19.1 Å². The van der Waals surface area contributed by atoms with Gasteiger partial charge in [0.2, 0.25) is 5.91 Å². The Balaban J connectivity index is 2.33. The van der Waals surface area contributed by atoms with Crippen molar-refractivity contribution in [1.29, 1.82) is 0 Å². The standard InChI is InChI=1S/C19H28FN3O3/c1-5-19(18(25)26)12-15(17(24)21-10-11-22(2)3)16(23(19)4)13-6-8-14(20)9-7-13/h6-9,15-16H,5,10-12H2,1-4H3,(H,21,24)(H,25,26)/t15-,16-,19-/m0/s1. The molecule has 1 aromatic carbocycles. The third-order valence-corrected chi connectivity index (χ3v) is 5.42. The van der Waals surface area contributed by atoms with Crippen LogP contribution in [0.1, 0.15) is 31.4 Å². The van der Waals surface area contributed by atoms with E-state index in [0.29, 0.717) is 19.5 Å². The molecule has 0 unspecified atom stereocenters. The van der Waals surface area contributed by atoms with Gasteiger partial charge in [0, 0.05) is 19.1 Å². The molecule has 0 radical (unpaired) electrons. The van der Waals surface area contributed by atoms with E-state index in [1.807, 2.05) is 25.9 Å². The van der Waals surface area contributed by atoms with Crippen molar-refractivity contribution in [3.05, 3.63) is 35.6 Å². The highest BCUT2D eigenvalue weighted by Gasteiger charge is 2.56. The van der Waals surface area contributed by atoms with Crippen LogP contribution < -0.4 is 5.32 Å². The maximum Gasteiger partial charge on any atom is 0.324 e. The second kappa shape index (κ2) is 8.14. The SMILES string of the molecule is CC[C@@]1(C(=O)O)C[C@H](C(=O)NCCN(C)C)[C@H](c2ccc(F)cc2)N1C. The van der Waals surface area contributed by atoms with Crippen LogP contribution >= 0.6 is 0 Å². The van der Waals surface area contributed by atoms with Gasteiger partial charge in [-0.2, -0.15) is 0 Å². The summed E-state index contributed by atoms with van der Waals surface area (Å²) in [5.41, 5.74) is -0.360. The number of hydrogen-bond donors (Lipinski definition) is 2. The summed E-state index contributed by atoms with van der Waals surface area (Å²) >= 11 is 0. The molecule has 2 N–H and O–H groups in total. The van der Waals surface area contributed by atoms with Gasteiger partial charge in [-0.15, -0.1) is 0 Å².